The molecule has 8 heteroatoms. The summed E-state index contributed by atoms with van der Waals surface area (Å²) >= 11 is 3.37. The van der Waals surface area contributed by atoms with Crippen molar-refractivity contribution in [3.63, 3.8) is 0 Å². The number of aromatic nitrogens is 2. The number of amides is 1. The minimum atomic E-state index is -4.43. The van der Waals surface area contributed by atoms with Crippen molar-refractivity contribution in [2.75, 3.05) is 5.32 Å². The zero-order chi connectivity index (χ0) is 18.7. The number of hydrogen-bond acceptors (Lipinski definition) is 2. The molecule has 1 aromatic heterocycles. The van der Waals surface area contributed by atoms with Crippen LogP contribution in [0.3, 0.4) is 0 Å². The van der Waals surface area contributed by atoms with Crippen LogP contribution < -0.4 is 5.32 Å². The smallest absolute Gasteiger partial charge is 0.319 e. The second-order valence-electron chi connectivity index (χ2n) is 5.58. The van der Waals surface area contributed by atoms with Crippen LogP contribution in [0, 0.1) is 0 Å². The van der Waals surface area contributed by atoms with Crippen LogP contribution in [-0.2, 0) is 12.7 Å². The maximum Gasteiger partial charge on any atom is 0.416 e. The molecule has 3 aromatic rings. The van der Waals surface area contributed by atoms with Gasteiger partial charge in [0.25, 0.3) is 5.91 Å². The van der Waals surface area contributed by atoms with E-state index in [2.05, 4.69) is 26.3 Å². The van der Waals surface area contributed by atoms with E-state index < -0.39 is 17.6 Å². The van der Waals surface area contributed by atoms with Crippen molar-refractivity contribution >= 4 is 27.5 Å². The Morgan fingerprint density at radius 2 is 1.73 bits per heavy atom. The Morgan fingerprint density at radius 3 is 2.35 bits per heavy atom. The zero-order valence-electron chi connectivity index (χ0n) is 13.3. The number of carbonyl (C=O) groups excluding carboxylic acids is 1. The lowest BCUT2D eigenvalue weighted by molar-refractivity contribution is -0.137. The third-order valence-electron chi connectivity index (χ3n) is 3.62. The number of rotatable bonds is 4. The number of nitrogens with zero attached hydrogens (tertiary/aromatic N) is 2. The highest BCUT2D eigenvalue weighted by molar-refractivity contribution is 9.10. The highest BCUT2D eigenvalue weighted by atomic mass is 79.9. The van der Waals surface area contributed by atoms with Gasteiger partial charge in [0, 0.05) is 16.2 Å². The average molecular weight is 424 g/mol. The van der Waals surface area contributed by atoms with E-state index in [1.54, 1.807) is 10.9 Å². The molecule has 0 unspecified atom stereocenters. The van der Waals surface area contributed by atoms with Crippen molar-refractivity contribution in [1.82, 2.24) is 9.78 Å². The number of alkyl halides is 3. The Labute approximate surface area is 155 Å². The summed E-state index contributed by atoms with van der Waals surface area (Å²) in [6.07, 6.45) is -1.28. The lowest BCUT2D eigenvalue weighted by atomic mass is 10.1. The summed E-state index contributed by atoms with van der Waals surface area (Å²) < 4.78 is 40.3. The minimum absolute atomic E-state index is 0.138. The van der Waals surface area contributed by atoms with Gasteiger partial charge in [-0.15, -0.1) is 0 Å². The third-order valence-corrected chi connectivity index (χ3v) is 4.15. The van der Waals surface area contributed by atoms with Gasteiger partial charge in [0.05, 0.1) is 24.0 Å². The molecule has 1 heterocycles. The Kier molecular flexibility index (Phi) is 5.13. The number of carbonyl (C=O) groups is 1. The molecular formula is C18H13BrF3N3O. The molecule has 1 N–H and O–H groups in total. The van der Waals surface area contributed by atoms with Crippen LogP contribution in [0.4, 0.5) is 18.9 Å². The van der Waals surface area contributed by atoms with E-state index in [1.165, 1.54) is 6.20 Å². The first kappa shape index (κ1) is 18.2. The molecule has 0 spiro atoms. The van der Waals surface area contributed by atoms with Crippen molar-refractivity contribution in [2.45, 2.75) is 12.7 Å². The molecular weight excluding hydrogens is 411 g/mol. The normalized spacial score (nSPS) is 11.4. The molecule has 0 fully saturated rings. The second-order valence-corrected chi connectivity index (χ2v) is 6.50. The van der Waals surface area contributed by atoms with Crippen LogP contribution in [0.5, 0.6) is 0 Å². The standard InChI is InChI=1S/C18H13BrF3N3O/c19-15-7-1-12(2-8-15)10-25-11-16(9-23-25)24-17(26)13-3-5-14(6-4-13)18(20,21)22/h1-9,11H,10H2,(H,24,26). The monoisotopic (exact) mass is 423 g/mol. The SMILES string of the molecule is O=C(Nc1cnn(Cc2ccc(Br)cc2)c1)c1ccc(C(F)(F)F)cc1. The van der Waals surface area contributed by atoms with E-state index in [1.807, 2.05) is 24.3 Å². The van der Waals surface area contributed by atoms with Gasteiger partial charge in [0.2, 0.25) is 0 Å². The van der Waals surface area contributed by atoms with Crippen LogP contribution in [-0.4, -0.2) is 15.7 Å². The predicted molar refractivity (Wildman–Crippen MR) is 94.9 cm³/mol. The van der Waals surface area contributed by atoms with Gasteiger partial charge in [-0.25, -0.2) is 0 Å². The Balaban J connectivity index is 1.65. The fourth-order valence-electron chi connectivity index (χ4n) is 2.31. The maximum absolute atomic E-state index is 12.6. The molecule has 3 rings (SSSR count). The third kappa shape index (κ3) is 4.51. The summed E-state index contributed by atoms with van der Waals surface area (Å²) in [6.45, 7) is 0.531. The van der Waals surface area contributed by atoms with E-state index in [-0.39, 0.29) is 5.56 Å². The summed E-state index contributed by atoms with van der Waals surface area (Å²) in [6, 6.07) is 11.8. The first-order valence-corrected chi connectivity index (χ1v) is 8.36. The van der Waals surface area contributed by atoms with Crippen molar-refractivity contribution in [3.05, 3.63) is 82.1 Å². The fraction of sp³-hybridized carbons (Fsp3) is 0.111. The van der Waals surface area contributed by atoms with E-state index in [4.69, 9.17) is 0 Å². The zero-order valence-corrected chi connectivity index (χ0v) is 14.9. The summed E-state index contributed by atoms with van der Waals surface area (Å²) in [5, 5.41) is 6.79. The molecule has 2 aromatic carbocycles. The number of nitrogens with one attached hydrogen (secondary N) is 1. The molecule has 0 saturated heterocycles. The van der Waals surface area contributed by atoms with Crippen molar-refractivity contribution < 1.29 is 18.0 Å². The fourth-order valence-corrected chi connectivity index (χ4v) is 2.57. The molecule has 0 aliphatic carbocycles. The van der Waals surface area contributed by atoms with Crippen LogP contribution in [0.2, 0.25) is 0 Å². The lowest BCUT2D eigenvalue weighted by Crippen LogP contribution is -2.12. The first-order chi connectivity index (χ1) is 12.3. The second kappa shape index (κ2) is 7.33. The molecule has 4 nitrogen and oxygen atoms in total. The molecule has 134 valence electrons. The highest BCUT2D eigenvalue weighted by Crippen LogP contribution is 2.29. The molecule has 0 saturated carbocycles. The van der Waals surface area contributed by atoms with Crippen molar-refractivity contribution in [2.24, 2.45) is 0 Å². The topological polar surface area (TPSA) is 46.9 Å². The summed E-state index contributed by atoms with van der Waals surface area (Å²) in [4.78, 5) is 12.1. The van der Waals surface area contributed by atoms with Gasteiger partial charge < -0.3 is 5.32 Å². The number of halogens is 4. The Hall–Kier alpha value is -2.61. The van der Waals surface area contributed by atoms with E-state index >= 15 is 0 Å². The molecule has 0 aliphatic heterocycles. The minimum Gasteiger partial charge on any atom is -0.319 e. The van der Waals surface area contributed by atoms with Gasteiger partial charge in [0.15, 0.2) is 0 Å². The predicted octanol–water partition coefficient (Wildman–Crippen LogP) is 4.97. The van der Waals surface area contributed by atoms with Crippen molar-refractivity contribution in [1.29, 1.82) is 0 Å². The molecule has 26 heavy (non-hydrogen) atoms. The summed E-state index contributed by atoms with van der Waals surface area (Å²) in [5.41, 5.74) is 0.846. The van der Waals surface area contributed by atoms with E-state index in [0.717, 1.165) is 34.3 Å². The van der Waals surface area contributed by atoms with Crippen LogP contribution >= 0.6 is 15.9 Å². The highest BCUT2D eigenvalue weighted by Gasteiger charge is 2.30. The quantitative estimate of drug-likeness (QED) is 0.644. The van der Waals surface area contributed by atoms with Gasteiger partial charge in [-0.3, -0.25) is 9.48 Å². The van der Waals surface area contributed by atoms with Gasteiger partial charge >= 0.3 is 6.18 Å². The van der Waals surface area contributed by atoms with Crippen molar-refractivity contribution in [3.8, 4) is 0 Å². The largest absolute Gasteiger partial charge is 0.416 e. The van der Waals surface area contributed by atoms with E-state index in [0.29, 0.717) is 12.2 Å². The Morgan fingerprint density at radius 1 is 1.08 bits per heavy atom. The molecule has 0 bridgehead atoms. The molecule has 0 aliphatic rings. The number of anilines is 1. The number of benzene rings is 2. The van der Waals surface area contributed by atoms with Gasteiger partial charge in [-0.2, -0.15) is 18.3 Å². The molecule has 0 atom stereocenters. The summed E-state index contributed by atoms with van der Waals surface area (Å²) in [7, 11) is 0. The van der Waals surface area contributed by atoms with E-state index in [9.17, 15) is 18.0 Å². The van der Waals surface area contributed by atoms with Crippen LogP contribution in [0.15, 0.2) is 65.4 Å². The lowest BCUT2D eigenvalue weighted by Gasteiger charge is -2.07. The Bertz CT molecular complexity index is 903. The van der Waals surface area contributed by atoms with Crippen LogP contribution in [0.25, 0.3) is 0 Å². The average Bonchev–Trinajstić information content (AvgIpc) is 3.03. The van der Waals surface area contributed by atoms with Gasteiger partial charge in [-0.05, 0) is 42.0 Å². The maximum atomic E-state index is 12.6. The molecule has 0 radical (unpaired) electrons. The van der Waals surface area contributed by atoms with Gasteiger partial charge in [0.1, 0.15) is 0 Å². The van der Waals surface area contributed by atoms with Gasteiger partial charge in [-0.1, -0.05) is 28.1 Å². The number of hydrogen-bond donors (Lipinski definition) is 1. The first-order valence-electron chi connectivity index (χ1n) is 7.57. The van der Waals surface area contributed by atoms with Crippen LogP contribution in [0.1, 0.15) is 21.5 Å². The molecule has 1 amide bonds. The summed E-state index contributed by atoms with van der Waals surface area (Å²) in [5.74, 6) is -0.498.